The standard InChI is InChI=1S/C16H27N5O4/c1-12-10-14(19-25-12)18-16(23)13(2)21-7-5-20(6-8-21)11-15(22)17-4-9-24-3/h10,13H,4-9,11H2,1-3H3,(H,17,22)(H,18,19,23). The van der Waals surface area contributed by atoms with Crippen molar-refractivity contribution in [2.75, 3.05) is 58.3 Å². The number of anilines is 1. The topological polar surface area (TPSA) is 99.9 Å². The van der Waals surface area contributed by atoms with Crippen molar-refractivity contribution in [2.24, 2.45) is 0 Å². The first-order valence-corrected chi connectivity index (χ1v) is 8.46. The normalized spacial score (nSPS) is 17.2. The van der Waals surface area contributed by atoms with Crippen molar-refractivity contribution in [3.8, 4) is 0 Å². The van der Waals surface area contributed by atoms with Crippen LogP contribution >= 0.6 is 0 Å². The van der Waals surface area contributed by atoms with Crippen molar-refractivity contribution in [1.82, 2.24) is 20.3 Å². The van der Waals surface area contributed by atoms with Crippen LogP contribution in [-0.4, -0.2) is 85.8 Å². The molecule has 9 nitrogen and oxygen atoms in total. The third-order valence-electron chi connectivity index (χ3n) is 4.21. The van der Waals surface area contributed by atoms with Gasteiger partial charge >= 0.3 is 0 Å². The number of carbonyl (C=O) groups excluding carboxylic acids is 2. The summed E-state index contributed by atoms with van der Waals surface area (Å²) in [7, 11) is 1.60. The summed E-state index contributed by atoms with van der Waals surface area (Å²) < 4.78 is 9.85. The molecule has 0 aliphatic carbocycles. The highest BCUT2D eigenvalue weighted by atomic mass is 16.5. The first-order chi connectivity index (χ1) is 12.0. The van der Waals surface area contributed by atoms with Crippen LogP contribution in [0.1, 0.15) is 12.7 Å². The van der Waals surface area contributed by atoms with Gasteiger partial charge in [0.1, 0.15) is 5.76 Å². The number of aromatic nitrogens is 1. The van der Waals surface area contributed by atoms with Gasteiger partial charge in [-0.25, -0.2) is 0 Å². The Hall–Kier alpha value is -1.97. The minimum Gasteiger partial charge on any atom is -0.383 e. The molecule has 1 unspecified atom stereocenters. The number of amides is 2. The zero-order valence-corrected chi connectivity index (χ0v) is 15.1. The van der Waals surface area contributed by atoms with Gasteiger partial charge in [0.15, 0.2) is 5.82 Å². The summed E-state index contributed by atoms with van der Waals surface area (Å²) in [6.07, 6.45) is 0. The molecule has 1 saturated heterocycles. The van der Waals surface area contributed by atoms with E-state index in [1.807, 2.05) is 6.92 Å². The molecule has 0 radical (unpaired) electrons. The number of ether oxygens (including phenoxy) is 1. The first kappa shape index (κ1) is 19.4. The van der Waals surface area contributed by atoms with Crippen molar-refractivity contribution < 1.29 is 18.8 Å². The maximum Gasteiger partial charge on any atom is 0.242 e. The van der Waals surface area contributed by atoms with Crippen molar-refractivity contribution in [2.45, 2.75) is 19.9 Å². The molecule has 1 aliphatic rings. The number of nitrogens with zero attached hydrogens (tertiary/aromatic N) is 3. The van der Waals surface area contributed by atoms with Gasteiger partial charge in [-0.1, -0.05) is 5.16 Å². The lowest BCUT2D eigenvalue weighted by atomic mass is 10.2. The van der Waals surface area contributed by atoms with Crippen molar-refractivity contribution >= 4 is 17.6 Å². The molecule has 1 atom stereocenters. The van der Waals surface area contributed by atoms with E-state index >= 15 is 0 Å². The lowest BCUT2D eigenvalue weighted by Gasteiger charge is -2.36. The van der Waals surface area contributed by atoms with E-state index in [1.165, 1.54) is 0 Å². The van der Waals surface area contributed by atoms with Crippen molar-refractivity contribution in [3.05, 3.63) is 11.8 Å². The Morgan fingerprint density at radius 1 is 1.36 bits per heavy atom. The molecule has 1 aliphatic heterocycles. The highest BCUT2D eigenvalue weighted by Crippen LogP contribution is 2.11. The number of hydrogen-bond donors (Lipinski definition) is 2. The Balaban J connectivity index is 1.71. The Kier molecular flexibility index (Phi) is 7.35. The molecule has 25 heavy (non-hydrogen) atoms. The molecular formula is C16H27N5O4. The van der Waals surface area contributed by atoms with Gasteiger partial charge in [-0.15, -0.1) is 0 Å². The molecule has 9 heteroatoms. The molecule has 140 valence electrons. The molecular weight excluding hydrogens is 326 g/mol. The number of carbonyl (C=O) groups is 2. The van der Waals surface area contributed by atoms with Crippen LogP contribution in [0, 0.1) is 6.92 Å². The van der Waals surface area contributed by atoms with Crippen LogP contribution in [0.15, 0.2) is 10.6 Å². The fourth-order valence-electron chi connectivity index (χ4n) is 2.68. The Morgan fingerprint density at radius 3 is 2.68 bits per heavy atom. The highest BCUT2D eigenvalue weighted by Gasteiger charge is 2.26. The molecule has 1 aromatic heterocycles. The van der Waals surface area contributed by atoms with E-state index in [0.717, 1.165) is 26.2 Å². The minimum atomic E-state index is -0.269. The number of nitrogens with one attached hydrogen (secondary N) is 2. The Morgan fingerprint density at radius 2 is 2.08 bits per heavy atom. The smallest absolute Gasteiger partial charge is 0.242 e. The van der Waals surface area contributed by atoms with E-state index in [4.69, 9.17) is 9.26 Å². The van der Waals surface area contributed by atoms with Crippen LogP contribution in [0.5, 0.6) is 0 Å². The van der Waals surface area contributed by atoms with E-state index < -0.39 is 0 Å². The molecule has 0 bridgehead atoms. The zero-order chi connectivity index (χ0) is 18.2. The van der Waals surface area contributed by atoms with E-state index in [1.54, 1.807) is 20.1 Å². The summed E-state index contributed by atoms with van der Waals surface area (Å²) in [4.78, 5) is 28.3. The summed E-state index contributed by atoms with van der Waals surface area (Å²) in [5, 5.41) is 9.34. The van der Waals surface area contributed by atoms with Gasteiger partial charge in [0.25, 0.3) is 0 Å². The molecule has 0 saturated carbocycles. The lowest BCUT2D eigenvalue weighted by molar-refractivity contribution is -0.124. The van der Waals surface area contributed by atoms with E-state index in [2.05, 4.69) is 25.6 Å². The van der Waals surface area contributed by atoms with E-state index in [-0.39, 0.29) is 17.9 Å². The molecule has 2 rings (SSSR count). The number of piperazine rings is 1. The molecule has 1 aromatic rings. The minimum absolute atomic E-state index is 0.00214. The van der Waals surface area contributed by atoms with Gasteiger partial charge in [0, 0.05) is 45.9 Å². The average Bonchev–Trinajstić information content (AvgIpc) is 3.00. The van der Waals surface area contributed by atoms with Gasteiger partial charge in [-0.3, -0.25) is 19.4 Å². The number of hydrogen-bond acceptors (Lipinski definition) is 7. The van der Waals surface area contributed by atoms with Crippen LogP contribution in [-0.2, 0) is 14.3 Å². The van der Waals surface area contributed by atoms with Crippen LogP contribution in [0.3, 0.4) is 0 Å². The second-order valence-electron chi connectivity index (χ2n) is 6.14. The molecule has 2 amide bonds. The van der Waals surface area contributed by atoms with E-state index in [0.29, 0.717) is 31.3 Å². The van der Waals surface area contributed by atoms with Gasteiger partial charge in [0.2, 0.25) is 11.8 Å². The van der Waals surface area contributed by atoms with Gasteiger partial charge in [-0.05, 0) is 13.8 Å². The van der Waals surface area contributed by atoms with Gasteiger partial charge < -0.3 is 19.9 Å². The zero-order valence-electron chi connectivity index (χ0n) is 15.1. The molecule has 0 spiro atoms. The quantitative estimate of drug-likeness (QED) is 0.619. The first-order valence-electron chi connectivity index (χ1n) is 8.46. The molecule has 2 N–H and O–H groups in total. The third kappa shape index (κ3) is 6.11. The van der Waals surface area contributed by atoms with Gasteiger partial charge in [0.05, 0.1) is 19.2 Å². The van der Waals surface area contributed by atoms with Gasteiger partial charge in [-0.2, -0.15) is 0 Å². The number of aryl methyl sites for hydroxylation is 1. The Labute approximate surface area is 147 Å². The number of rotatable bonds is 8. The van der Waals surface area contributed by atoms with Crippen LogP contribution in [0.2, 0.25) is 0 Å². The summed E-state index contributed by atoms with van der Waals surface area (Å²) in [6.45, 7) is 8.01. The molecule has 2 heterocycles. The highest BCUT2D eigenvalue weighted by molar-refractivity contribution is 5.93. The van der Waals surface area contributed by atoms with Crippen LogP contribution < -0.4 is 10.6 Å². The van der Waals surface area contributed by atoms with Crippen LogP contribution in [0.25, 0.3) is 0 Å². The molecule has 0 aromatic carbocycles. The fraction of sp³-hybridized carbons (Fsp3) is 0.688. The SMILES string of the molecule is COCCNC(=O)CN1CCN(C(C)C(=O)Nc2cc(C)on2)CC1. The lowest BCUT2D eigenvalue weighted by Crippen LogP contribution is -2.54. The second kappa shape index (κ2) is 9.50. The fourth-order valence-corrected chi connectivity index (χ4v) is 2.68. The van der Waals surface area contributed by atoms with Crippen LogP contribution in [0.4, 0.5) is 5.82 Å². The summed E-state index contributed by atoms with van der Waals surface area (Å²) in [5.41, 5.74) is 0. The van der Waals surface area contributed by atoms with E-state index in [9.17, 15) is 9.59 Å². The predicted octanol–water partition coefficient (Wildman–Crippen LogP) is -0.310. The monoisotopic (exact) mass is 353 g/mol. The Bertz CT molecular complexity index is 569. The van der Waals surface area contributed by atoms with Crippen molar-refractivity contribution in [3.63, 3.8) is 0 Å². The maximum atomic E-state index is 12.3. The summed E-state index contributed by atoms with van der Waals surface area (Å²) >= 11 is 0. The summed E-state index contributed by atoms with van der Waals surface area (Å²) in [5.74, 6) is 0.970. The maximum absolute atomic E-state index is 12.3. The van der Waals surface area contributed by atoms with Crippen molar-refractivity contribution in [1.29, 1.82) is 0 Å². The number of methoxy groups -OCH3 is 1. The summed E-state index contributed by atoms with van der Waals surface area (Å²) in [6, 6.07) is 1.42. The third-order valence-corrected chi connectivity index (χ3v) is 4.21. The largest absolute Gasteiger partial charge is 0.383 e. The second-order valence-corrected chi connectivity index (χ2v) is 6.14. The molecule has 1 fully saturated rings. The average molecular weight is 353 g/mol. The predicted molar refractivity (Wildman–Crippen MR) is 92.2 cm³/mol.